The number of ether oxygens (including phenoxy) is 2. The summed E-state index contributed by atoms with van der Waals surface area (Å²) in [6.07, 6.45) is 2.37. The lowest BCUT2D eigenvalue weighted by Gasteiger charge is -2.06. The van der Waals surface area contributed by atoms with Gasteiger partial charge in [0.1, 0.15) is 0 Å². The quantitative estimate of drug-likeness (QED) is 0.778. The molecule has 0 radical (unpaired) electrons. The third kappa shape index (κ3) is 2.04. The van der Waals surface area contributed by atoms with Gasteiger partial charge in [0.25, 0.3) is 0 Å². The van der Waals surface area contributed by atoms with Gasteiger partial charge in [-0.2, -0.15) is 9.97 Å². The number of methoxy groups -OCH3 is 2. The molecule has 0 unspecified atom stereocenters. The number of anilines is 1. The van der Waals surface area contributed by atoms with E-state index >= 15 is 0 Å². The highest BCUT2D eigenvalue weighted by molar-refractivity contribution is 5.35. The third-order valence-corrected chi connectivity index (χ3v) is 2.01. The van der Waals surface area contributed by atoms with Gasteiger partial charge >= 0.3 is 0 Å². The lowest BCUT2D eigenvalue weighted by atomic mass is 10.6. The first-order valence-corrected chi connectivity index (χ1v) is 4.55. The molecule has 0 saturated heterocycles. The molecule has 1 heterocycles. The number of hydrogen-bond acceptors (Lipinski definition) is 5. The van der Waals surface area contributed by atoms with Gasteiger partial charge in [0, 0.05) is 6.04 Å². The van der Waals surface area contributed by atoms with E-state index in [0.29, 0.717) is 23.8 Å². The van der Waals surface area contributed by atoms with Gasteiger partial charge in [0.15, 0.2) is 0 Å². The Morgan fingerprint density at radius 3 is 2.21 bits per heavy atom. The number of nitrogens with one attached hydrogen (secondary N) is 1. The van der Waals surface area contributed by atoms with Crippen LogP contribution in [0.25, 0.3) is 0 Å². The second-order valence-electron chi connectivity index (χ2n) is 3.19. The highest BCUT2D eigenvalue weighted by atomic mass is 16.5. The highest BCUT2D eigenvalue weighted by Crippen LogP contribution is 2.25. The Morgan fingerprint density at radius 1 is 1.21 bits per heavy atom. The molecule has 0 atom stereocenters. The topological polar surface area (TPSA) is 56.3 Å². The molecule has 2 rings (SSSR count). The van der Waals surface area contributed by atoms with Crippen LogP contribution in [0.1, 0.15) is 12.8 Å². The number of nitrogens with zero attached hydrogens (tertiary/aromatic N) is 2. The van der Waals surface area contributed by atoms with Gasteiger partial charge in [-0.3, -0.25) is 0 Å². The van der Waals surface area contributed by atoms with E-state index in [9.17, 15) is 0 Å². The van der Waals surface area contributed by atoms with E-state index in [1.54, 1.807) is 20.3 Å². The molecule has 76 valence electrons. The average Bonchev–Trinajstić information content (AvgIpc) is 3.01. The Kier molecular flexibility index (Phi) is 2.39. The molecule has 0 amide bonds. The van der Waals surface area contributed by atoms with Crippen molar-refractivity contribution in [1.82, 2.24) is 9.97 Å². The van der Waals surface area contributed by atoms with Crippen LogP contribution >= 0.6 is 0 Å². The first kappa shape index (κ1) is 9.05. The fourth-order valence-corrected chi connectivity index (χ4v) is 1.09. The molecule has 5 nitrogen and oxygen atoms in total. The zero-order chi connectivity index (χ0) is 9.97. The van der Waals surface area contributed by atoms with Crippen molar-refractivity contribution in [2.24, 2.45) is 0 Å². The molecule has 0 spiro atoms. The maximum atomic E-state index is 5.03. The van der Waals surface area contributed by atoms with Crippen molar-refractivity contribution >= 4 is 5.95 Å². The van der Waals surface area contributed by atoms with Gasteiger partial charge in [-0.25, -0.2) is 0 Å². The summed E-state index contributed by atoms with van der Waals surface area (Å²) in [6, 6.07) is 2.17. The Hall–Kier alpha value is -1.52. The van der Waals surface area contributed by atoms with Crippen LogP contribution < -0.4 is 14.8 Å². The molecular weight excluding hydrogens is 182 g/mol. The molecule has 0 aliphatic heterocycles. The van der Waals surface area contributed by atoms with Crippen LogP contribution in [-0.4, -0.2) is 30.2 Å². The molecule has 0 bridgehead atoms. The molecule has 1 aromatic rings. The molecule has 14 heavy (non-hydrogen) atoms. The molecule has 0 aromatic carbocycles. The van der Waals surface area contributed by atoms with Crippen molar-refractivity contribution in [2.45, 2.75) is 18.9 Å². The van der Waals surface area contributed by atoms with E-state index in [1.807, 2.05) is 0 Å². The molecule has 1 aliphatic carbocycles. The summed E-state index contributed by atoms with van der Waals surface area (Å²) in [4.78, 5) is 8.31. The van der Waals surface area contributed by atoms with E-state index < -0.39 is 0 Å². The summed E-state index contributed by atoms with van der Waals surface area (Å²) in [5.41, 5.74) is 0. The van der Waals surface area contributed by atoms with Crippen LogP contribution in [0, 0.1) is 0 Å². The Bertz CT molecular complexity index is 304. The van der Waals surface area contributed by atoms with Gasteiger partial charge < -0.3 is 14.8 Å². The fourth-order valence-electron chi connectivity index (χ4n) is 1.09. The normalized spacial score (nSPS) is 15.0. The van der Waals surface area contributed by atoms with Gasteiger partial charge in [-0.1, -0.05) is 0 Å². The van der Waals surface area contributed by atoms with Gasteiger partial charge in [0.2, 0.25) is 17.7 Å². The Balaban J connectivity index is 2.19. The monoisotopic (exact) mass is 195 g/mol. The zero-order valence-electron chi connectivity index (χ0n) is 8.28. The first-order chi connectivity index (χ1) is 6.81. The van der Waals surface area contributed by atoms with E-state index in [-0.39, 0.29) is 0 Å². The third-order valence-electron chi connectivity index (χ3n) is 2.01. The zero-order valence-corrected chi connectivity index (χ0v) is 8.28. The molecule has 1 saturated carbocycles. The second kappa shape index (κ2) is 3.69. The summed E-state index contributed by atoms with van der Waals surface area (Å²) >= 11 is 0. The van der Waals surface area contributed by atoms with Crippen molar-refractivity contribution in [3.63, 3.8) is 0 Å². The van der Waals surface area contributed by atoms with Crippen LogP contribution in [0.5, 0.6) is 11.8 Å². The van der Waals surface area contributed by atoms with Crippen LogP contribution in [0.3, 0.4) is 0 Å². The maximum absolute atomic E-state index is 5.03. The van der Waals surface area contributed by atoms with Crippen LogP contribution in [0.15, 0.2) is 6.07 Å². The fraction of sp³-hybridized carbons (Fsp3) is 0.556. The highest BCUT2D eigenvalue weighted by Gasteiger charge is 2.22. The van der Waals surface area contributed by atoms with Crippen LogP contribution in [-0.2, 0) is 0 Å². The van der Waals surface area contributed by atoms with E-state index in [4.69, 9.17) is 9.47 Å². The van der Waals surface area contributed by atoms with Crippen molar-refractivity contribution in [2.75, 3.05) is 19.5 Å². The van der Waals surface area contributed by atoms with Crippen molar-refractivity contribution in [1.29, 1.82) is 0 Å². The predicted octanol–water partition coefficient (Wildman–Crippen LogP) is 1.07. The smallest absolute Gasteiger partial charge is 0.229 e. The molecule has 1 fully saturated rings. The minimum Gasteiger partial charge on any atom is -0.481 e. The van der Waals surface area contributed by atoms with Crippen LogP contribution in [0.2, 0.25) is 0 Å². The second-order valence-corrected chi connectivity index (χ2v) is 3.19. The molecular formula is C9H13N3O2. The SMILES string of the molecule is COc1cc(OC)nc(NC2CC2)n1. The Labute approximate surface area is 82.5 Å². The summed E-state index contributed by atoms with van der Waals surface area (Å²) in [6.45, 7) is 0. The largest absolute Gasteiger partial charge is 0.481 e. The van der Waals surface area contributed by atoms with Crippen molar-refractivity contribution < 1.29 is 9.47 Å². The Morgan fingerprint density at radius 2 is 1.79 bits per heavy atom. The van der Waals surface area contributed by atoms with E-state index in [2.05, 4.69) is 15.3 Å². The van der Waals surface area contributed by atoms with Gasteiger partial charge in [-0.05, 0) is 12.8 Å². The molecule has 1 aliphatic rings. The lowest BCUT2D eigenvalue weighted by molar-refractivity contribution is 0.373. The summed E-state index contributed by atoms with van der Waals surface area (Å²) in [5.74, 6) is 1.60. The number of rotatable bonds is 4. The molecule has 1 aromatic heterocycles. The van der Waals surface area contributed by atoms with Crippen LogP contribution in [0.4, 0.5) is 5.95 Å². The number of aromatic nitrogens is 2. The summed E-state index contributed by atoms with van der Waals surface area (Å²) in [7, 11) is 3.14. The standard InChI is InChI=1S/C9H13N3O2/c1-13-7-5-8(14-2)12-9(11-7)10-6-3-4-6/h5-6H,3-4H2,1-2H3,(H,10,11,12). The maximum Gasteiger partial charge on any atom is 0.229 e. The minimum absolute atomic E-state index is 0.514. The minimum atomic E-state index is 0.514. The van der Waals surface area contributed by atoms with Crippen molar-refractivity contribution in [3.05, 3.63) is 6.07 Å². The van der Waals surface area contributed by atoms with Gasteiger partial charge in [0.05, 0.1) is 20.3 Å². The summed E-state index contributed by atoms with van der Waals surface area (Å²) in [5, 5.41) is 3.18. The van der Waals surface area contributed by atoms with Gasteiger partial charge in [-0.15, -0.1) is 0 Å². The van der Waals surface area contributed by atoms with E-state index in [1.165, 1.54) is 12.8 Å². The predicted molar refractivity (Wildman–Crippen MR) is 51.8 cm³/mol. The van der Waals surface area contributed by atoms with E-state index in [0.717, 1.165) is 0 Å². The summed E-state index contributed by atoms with van der Waals surface area (Å²) < 4.78 is 10.1. The molecule has 5 heteroatoms. The average molecular weight is 195 g/mol. The first-order valence-electron chi connectivity index (χ1n) is 4.55. The number of hydrogen-bond donors (Lipinski definition) is 1. The lowest BCUT2D eigenvalue weighted by Crippen LogP contribution is -2.06. The molecule has 1 N–H and O–H groups in total. The van der Waals surface area contributed by atoms with Crippen molar-refractivity contribution in [3.8, 4) is 11.8 Å².